The maximum absolute atomic E-state index is 12.5. The van der Waals surface area contributed by atoms with Crippen molar-refractivity contribution in [3.8, 4) is 0 Å². The molecule has 0 aliphatic carbocycles. The Morgan fingerprint density at radius 3 is 2.32 bits per heavy atom. The first-order valence-corrected chi connectivity index (χ1v) is 7.31. The summed E-state index contributed by atoms with van der Waals surface area (Å²) in [6.07, 6.45) is 0.713. The van der Waals surface area contributed by atoms with Crippen LogP contribution in [0.4, 0.5) is 5.69 Å². The number of aryl methyl sites for hydroxylation is 1. The molecule has 0 aromatic heterocycles. The molecule has 1 fully saturated rings. The third-order valence-electron chi connectivity index (χ3n) is 4.28. The second-order valence-electron chi connectivity index (χ2n) is 5.66. The lowest BCUT2D eigenvalue weighted by molar-refractivity contribution is -0.125. The topological polar surface area (TPSA) is 63.4 Å². The lowest BCUT2D eigenvalue weighted by Crippen LogP contribution is -2.52. The molecule has 0 saturated carbocycles. The number of nitrogens with zero attached hydrogens (tertiary/aromatic N) is 1. The number of amides is 2. The SMILES string of the molecule is Cc1ccc(N2C(=O)CC[C@]2(C(N)=O)c2ccccc2)cc1. The molecule has 2 amide bonds. The monoisotopic (exact) mass is 294 g/mol. The van der Waals surface area contributed by atoms with Crippen LogP contribution in [-0.4, -0.2) is 11.8 Å². The van der Waals surface area contributed by atoms with Gasteiger partial charge in [0.1, 0.15) is 0 Å². The molecule has 1 aliphatic heterocycles. The Balaban J connectivity index is 2.18. The summed E-state index contributed by atoms with van der Waals surface area (Å²) in [5.74, 6) is -0.573. The summed E-state index contributed by atoms with van der Waals surface area (Å²) in [5, 5.41) is 0. The van der Waals surface area contributed by atoms with Crippen LogP contribution in [0.1, 0.15) is 24.0 Å². The van der Waals surface area contributed by atoms with Crippen molar-refractivity contribution in [1.82, 2.24) is 0 Å². The van der Waals surface area contributed by atoms with Crippen LogP contribution in [-0.2, 0) is 15.1 Å². The summed E-state index contributed by atoms with van der Waals surface area (Å²) in [6, 6.07) is 16.9. The summed E-state index contributed by atoms with van der Waals surface area (Å²) >= 11 is 0. The molecule has 1 heterocycles. The molecule has 2 N–H and O–H groups in total. The van der Waals surface area contributed by atoms with Gasteiger partial charge >= 0.3 is 0 Å². The minimum Gasteiger partial charge on any atom is -0.367 e. The molecular weight excluding hydrogens is 276 g/mol. The van der Waals surface area contributed by atoms with Gasteiger partial charge in [0.25, 0.3) is 0 Å². The Bertz CT molecular complexity index is 710. The van der Waals surface area contributed by atoms with Crippen molar-refractivity contribution in [3.05, 3.63) is 65.7 Å². The highest BCUT2D eigenvalue weighted by Crippen LogP contribution is 2.42. The largest absolute Gasteiger partial charge is 0.367 e. The van der Waals surface area contributed by atoms with Gasteiger partial charge in [0.05, 0.1) is 0 Å². The third kappa shape index (κ3) is 2.08. The average molecular weight is 294 g/mol. The maximum atomic E-state index is 12.5. The molecule has 0 radical (unpaired) electrons. The minimum atomic E-state index is -1.10. The fourth-order valence-corrected chi connectivity index (χ4v) is 3.15. The van der Waals surface area contributed by atoms with Crippen LogP contribution in [0.15, 0.2) is 54.6 Å². The zero-order valence-electron chi connectivity index (χ0n) is 12.5. The number of rotatable bonds is 3. The van der Waals surface area contributed by atoms with Crippen molar-refractivity contribution in [3.63, 3.8) is 0 Å². The molecule has 1 saturated heterocycles. The van der Waals surface area contributed by atoms with Crippen LogP contribution >= 0.6 is 0 Å². The van der Waals surface area contributed by atoms with E-state index in [1.807, 2.05) is 61.5 Å². The smallest absolute Gasteiger partial charge is 0.248 e. The van der Waals surface area contributed by atoms with Crippen molar-refractivity contribution in [2.45, 2.75) is 25.3 Å². The maximum Gasteiger partial charge on any atom is 0.248 e. The molecule has 4 nitrogen and oxygen atoms in total. The zero-order valence-corrected chi connectivity index (χ0v) is 12.5. The predicted molar refractivity (Wildman–Crippen MR) is 85.2 cm³/mol. The van der Waals surface area contributed by atoms with Gasteiger partial charge in [-0.3, -0.25) is 14.5 Å². The zero-order chi connectivity index (χ0) is 15.7. The third-order valence-corrected chi connectivity index (χ3v) is 4.28. The van der Waals surface area contributed by atoms with E-state index in [-0.39, 0.29) is 5.91 Å². The second kappa shape index (κ2) is 5.30. The van der Waals surface area contributed by atoms with E-state index < -0.39 is 11.4 Å². The summed E-state index contributed by atoms with van der Waals surface area (Å²) in [7, 11) is 0. The van der Waals surface area contributed by atoms with Crippen molar-refractivity contribution in [2.24, 2.45) is 5.73 Å². The molecule has 0 bridgehead atoms. The number of anilines is 1. The first-order chi connectivity index (χ1) is 10.6. The molecule has 0 unspecified atom stereocenters. The van der Waals surface area contributed by atoms with Gasteiger partial charge in [-0.25, -0.2) is 0 Å². The second-order valence-corrected chi connectivity index (χ2v) is 5.66. The number of carbonyl (C=O) groups excluding carboxylic acids is 2. The Kier molecular flexibility index (Phi) is 3.45. The predicted octanol–water partition coefficient (Wildman–Crippen LogP) is 2.50. The van der Waals surface area contributed by atoms with Gasteiger partial charge in [-0.2, -0.15) is 0 Å². The van der Waals surface area contributed by atoms with Gasteiger partial charge in [-0.15, -0.1) is 0 Å². The van der Waals surface area contributed by atoms with Gasteiger partial charge in [0.15, 0.2) is 5.54 Å². The van der Waals surface area contributed by atoms with E-state index in [1.54, 1.807) is 4.90 Å². The number of nitrogens with two attached hydrogens (primary N) is 1. The van der Waals surface area contributed by atoms with Gasteiger partial charge < -0.3 is 5.73 Å². The van der Waals surface area contributed by atoms with E-state index in [0.717, 1.165) is 11.1 Å². The van der Waals surface area contributed by atoms with Crippen LogP contribution < -0.4 is 10.6 Å². The highest BCUT2D eigenvalue weighted by molar-refractivity contribution is 6.06. The molecule has 1 atom stereocenters. The lowest BCUT2D eigenvalue weighted by atomic mass is 9.86. The van der Waals surface area contributed by atoms with E-state index in [1.165, 1.54) is 0 Å². The Hall–Kier alpha value is -2.62. The molecular formula is C18H18N2O2. The van der Waals surface area contributed by atoms with Crippen molar-refractivity contribution >= 4 is 17.5 Å². The number of hydrogen-bond acceptors (Lipinski definition) is 2. The molecule has 4 heteroatoms. The summed E-state index contributed by atoms with van der Waals surface area (Å²) in [6.45, 7) is 1.98. The number of primary amides is 1. The summed E-state index contributed by atoms with van der Waals surface area (Å²) in [5.41, 5.74) is 7.21. The lowest BCUT2D eigenvalue weighted by Gasteiger charge is -2.36. The van der Waals surface area contributed by atoms with Crippen LogP contribution in [0, 0.1) is 6.92 Å². The first kappa shape index (κ1) is 14.3. The van der Waals surface area contributed by atoms with Gasteiger partial charge in [-0.1, -0.05) is 48.0 Å². The standard InChI is InChI=1S/C18H18N2O2/c1-13-7-9-15(10-8-13)20-16(21)11-12-18(20,17(19)22)14-5-3-2-4-6-14/h2-10H,11-12H2,1H3,(H2,19,22)/t18-/m1/s1. The van der Waals surface area contributed by atoms with Crippen LogP contribution in [0.25, 0.3) is 0 Å². The Labute approximate surface area is 129 Å². The molecule has 2 aromatic carbocycles. The van der Waals surface area contributed by atoms with E-state index in [9.17, 15) is 9.59 Å². The number of benzene rings is 2. The van der Waals surface area contributed by atoms with E-state index in [2.05, 4.69) is 0 Å². The van der Waals surface area contributed by atoms with Crippen molar-refractivity contribution < 1.29 is 9.59 Å². The van der Waals surface area contributed by atoms with Crippen molar-refractivity contribution in [2.75, 3.05) is 4.90 Å². The molecule has 22 heavy (non-hydrogen) atoms. The van der Waals surface area contributed by atoms with E-state index in [4.69, 9.17) is 5.73 Å². The molecule has 112 valence electrons. The number of hydrogen-bond donors (Lipinski definition) is 1. The molecule has 3 rings (SSSR count). The minimum absolute atomic E-state index is 0.0773. The van der Waals surface area contributed by atoms with Crippen LogP contribution in [0.3, 0.4) is 0 Å². The van der Waals surface area contributed by atoms with E-state index >= 15 is 0 Å². The van der Waals surface area contributed by atoms with Crippen molar-refractivity contribution in [1.29, 1.82) is 0 Å². The summed E-state index contributed by atoms with van der Waals surface area (Å²) in [4.78, 5) is 26.4. The summed E-state index contributed by atoms with van der Waals surface area (Å²) < 4.78 is 0. The van der Waals surface area contributed by atoms with Gasteiger partial charge in [-0.05, 0) is 31.0 Å². The normalized spacial score (nSPS) is 21.1. The molecule has 0 spiro atoms. The van der Waals surface area contributed by atoms with Crippen LogP contribution in [0.5, 0.6) is 0 Å². The fraction of sp³-hybridized carbons (Fsp3) is 0.222. The average Bonchev–Trinajstić information content (AvgIpc) is 2.88. The fourth-order valence-electron chi connectivity index (χ4n) is 3.15. The highest BCUT2D eigenvalue weighted by Gasteiger charge is 2.52. The van der Waals surface area contributed by atoms with Crippen LogP contribution in [0.2, 0.25) is 0 Å². The molecule has 2 aromatic rings. The molecule has 1 aliphatic rings. The number of carbonyl (C=O) groups is 2. The van der Waals surface area contributed by atoms with Gasteiger partial charge in [0.2, 0.25) is 11.8 Å². The quantitative estimate of drug-likeness (QED) is 0.945. The highest BCUT2D eigenvalue weighted by atomic mass is 16.2. The Morgan fingerprint density at radius 2 is 1.73 bits per heavy atom. The first-order valence-electron chi connectivity index (χ1n) is 7.31. The Morgan fingerprint density at radius 1 is 1.09 bits per heavy atom. The van der Waals surface area contributed by atoms with E-state index in [0.29, 0.717) is 18.5 Å². The van der Waals surface area contributed by atoms with Gasteiger partial charge in [0, 0.05) is 12.1 Å².